The molecule has 0 aromatic heterocycles. The van der Waals surface area contributed by atoms with Gasteiger partial charge in [0, 0.05) is 5.54 Å². The van der Waals surface area contributed by atoms with E-state index in [1.54, 1.807) is 4.90 Å². The third-order valence-electron chi connectivity index (χ3n) is 4.67. The number of hydrogen-bond acceptors (Lipinski definition) is 2. The van der Waals surface area contributed by atoms with E-state index in [4.69, 9.17) is 0 Å². The number of piperazine rings is 1. The molecule has 0 spiro atoms. The zero-order valence-corrected chi connectivity index (χ0v) is 12.5. The number of carbonyl (C=O) groups excluding carboxylic acids is 2. The van der Waals surface area contributed by atoms with Gasteiger partial charge in [0.2, 0.25) is 11.8 Å². The molecule has 0 bridgehead atoms. The number of hydrogen-bond donors (Lipinski definition) is 1. The van der Waals surface area contributed by atoms with Crippen molar-refractivity contribution in [3.8, 4) is 0 Å². The fraction of sp³-hybridized carbons (Fsp3) is 0.857. The van der Waals surface area contributed by atoms with Crippen LogP contribution >= 0.6 is 0 Å². The lowest BCUT2D eigenvalue weighted by molar-refractivity contribution is -0.161. The SMILES string of the molecule is CCC1(C)NC(=O)C(C)N(C(C)(CC)CC)C1=O. The van der Waals surface area contributed by atoms with E-state index in [-0.39, 0.29) is 23.4 Å². The molecule has 18 heavy (non-hydrogen) atoms. The largest absolute Gasteiger partial charge is 0.340 e. The van der Waals surface area contributed by atoms with Crippen LogP contribution < -0.4 is 5.32 Å². The summed E-state index contributed by atoms with van der Waals surface area (Å²) in [5.41, 5.74) is -1.00. The summed E-state index contributed by atoms with van der Waals surface area (Å²) in [5.74, 6) is -0.00428. The number of carbonyl (C=O) groups is 2. The molecule has 2 atom stereocenters. The van der Waals surface area contributed by atoms with Gasteiger partial charge in [-0.05, 0) is 40.0 Å². The van der Waals surface area contributed by atoms with Gasteiger partial charge in [0.1, 0.15) is 11.6 Å². The third kappa shape index (κ3) is 2.13. The molecule has 0 radical (unpaired) electrons. The van der Waals surface area contributed by atoms with Crippen molar-refractivity contribution in [2.75, 3.05) is 0 Å². The zero-order valence-electron chi connectivity index (χ0n) is 12.5. The van der Waals surface area contributed by atoms with Crippen molar-refractivity contribution in [1.82, 2.24) is 10.2 Å². The van der Waals surface area contributed by atoms with E-state index in [1.165, 1.54) is 0 Å². The molecule has 4 heteroatoms. The minimum atomic E-state index is -0.755. The molecule has 2 unspecified atom stereocenters. The molecule has 0 saturated carbocycles. The molecule has 4 nitrogen and oxygen atoms in total. The Bertz CT molecular complexity index is 350. The van der Waals surface area contributed by atoms with E-state index in [1.807, 2.05) is 20.8 Å². The van der Waals surface area contributed by atoms with Crippen LogP contribution in [0.3, 0.4) is 0 Å². The molecular formula is C14H26N2O2. The fourth-order valence-electron chi connectivity index (χ4n) is 2.53. The quantitative estimate of drug-likeness (QED) is 0.835. The van der Waals surface area contributed by atoms with Crippen molar-refractivity contribution in [3.63, 3.8) is 0 Å². The summed E-state index contributed by atoms with van der Waals surface area (Å²) in [4.78, 5) is 26.6. The van der Waals surface area contributed by atoms with Crippen LogP contribution in [-0.4, -0.2) is 33.8 Å². The second-order valence-corrected chi connectivity index (χ2v) is 5.73. The maximum absolute atomic E-state index is 12.7. The van der Waals surface area contributed by atoms with Gasteiger partial charge in [-0.25, -0.2) is 0 Å². The van der Waals surface area contributed by atoms with Crippen LogP contribution in [0.5, 0.6) is 0 Å². The van der Waals surface area contributed by atoms with Crippen LogP contribution in [0.25, 0.3) is 0 Å². The van der Waals surface area contributed by atoms with Crippen LogP contribution in [0.2, 0.25) is 0 Å². The number of nitrogens with one attached hydrogen (secondary N) is 1. The lowest BCUT2D eigenvalue weighted by Gasteiger charge is -2.51. The predicted molar refractivity (Wildman–Crippen MR) is 72.1 cm³/mol. The van der Waals surface area contributed by atoms with Crippen molar-refractivity contribution in [2.45, 2.75) is 77.9 Å². The summed E-state index contributed by atoms with van der Waals surface area (Å²) in [6.07, 6.45) is 2.32. The predicted octanol–water partition coefficient (Wildman–Crippen LogP) is 2.08. The molecule has 0 aromatic rings. The third-order valence-corrected chi connectivity index (χ3v) is 4.67. The first-order chi connectivity index (χ1) is 8.25. The fourth-order valence-corrected chi connectivity index (χ4v) is 2.53. The number of nitrogens with zero attached hydrogens (tertiary/aromatic N) is 1. The molecule has 1 aliphatic heterocycles. The van der Waals surface area contributed by atoms with Crippen molar-refractivity contribution >= 4 is 11.8 Å². The highest BCUT2D eigenvalue weighted by atomic mass is 16.2. The summed E-state index contributed by atoms with van der Waals surface area (Å²) in [5, 5.41) is 2.86. The van der Waals surface area contributed by atoms with Crippen LogP contribution in [0.1, 0.15) is 60.8 Å². The summed E-state index contributed by atoms with van der Waals surface area (Å²) in [7, 11) is 0. The molecule has 1 rings (SSSR count). The van der Waals surface area contributed by atoms with Gasteiger partial charge in [-0.15, -0.1) is 0 Å². The Hall–Kier alpha value is -1.06. The minimum Gasteiger partial charge on any atom is -0.340 e. The monoisotopic (exact) mass is 254 g/mol. The lowest BCUT2D eigenvalue weighted by atomic mass is 9.84. The Morgan fingerprint density at radius 1 is 1.28 bits per heavy atom. The Morgan fingerprint density at radius 2 is 1.78 bits per heavy atom. The summed E-state index contributed by atoms with van der Waals surface area (Å²) < 4.78 is 0. The van der Waals surface area contributed by atoms with Gasteiger partial charge < -0.3 is 10.2 Å². The Labute approximate surface area is 110 Å². The second kappa shape index (κ2) is 4.90. The second-order valence-electron chi connectivity index (χ2n) is 5.73. The molecule has 0 aromatic carbocycles. The van der Waals surface area contributed by atoms with E-state index in [0.29, 0.717) is 6.42 Å². The first-order valence-electron chi connectivity index (χ1n) is 6.91. The van der Waals surface area contributed by atoms with E-state index >= 15 is 0 Å². The summed E-state index contributed by atoms with van der Waals surface area (Å²) >= 11 is 0. The highest BCUT2D eigenvalue weighted by Gasteiger charge is 2.50. The molecule has 1 aliphatic rings. The molecule has 1 saturated heterocycles. The first-order valence-corrected chi connectivity index (χ1v) is 6.91. The molecule has 104 valence electrons. The normalized spacial score (nSPS) is 29.4. The van der Waals surface area contributed by atoms with Gasteiger partial charge in [-0.1, -0.05) is 20.8 Å². The Morgan fingerprint density at radius 3 is 2.17 bits per heavy atom. The summed E-state index contributed by atoms with van der Waals surface area (Å²) in [6.45, 7) is 11.8. The van der Waals surface area contributed by atoms with Gasteiger partial charge in [-0.2, -0.15) is 0 Å². The maximum Gasteiger partial charge on any atom is 0.249 e. The van der Waals surface area contributed by atoms with E-state index in [0.717, 1.165) is 12.8 Å². The van der Waals surface area contributed by atoms with Gasteiger partial charge in [0.25, 0.3) is 0 Å². The number of amides is 2. The molecular weight excluding hydrogens is 228 g/mol. The Balaban J connectivity index is 3.22. The Kier molecular flexibility index (Phi) is 4.08. The van der Waals surface area contributed by atoms with Gasteiger partial charge in [0.05, 0.1) is 0 Å². The average Bonchev–Trinajstić information content (AvgIpc) is 2.36. The van der Waals surface area contributed by atoms with Crippen molar-refractivity contribution in [1.29, 1.82) is 0 Å². The lowest BCUT2D eigenvalue weighted by Crippen LogP contribution is -2.72. The number of rotatable bonds is 4. The maximum atomic E-state index is 12.7. The standard InChI is InChI=1S/C14H26N2O2/c1-7-13(5,8-2)16-10(4)11(17)15-14(6,9-3)12(16)18/h10H,7-9H2,1-6H3,(H,15,17). The molecule has 1 fully saturated rings. The summed E-state index contributed by atoms with van der Waals surface area (Å²) in [6, 6.07) is -0.387. The van der Waals surface area contributed by atoms with Crippen molar-refractivity contribution in [2.24, 2.45) is 0 Å². The minimum absolute atomic E-state index is 0.0447. The molecule has 1 N–H and O–H groups in total. The molecule has 1 heterocycles. The zero-order chi connectivity index (χ0) is 14.1. The molecule has 0 aliphatic carbocycles. The van der Waals surface area contributed by atoms with Gasteiger partial charge in [0.15, 0.2) is 0 Å². The topological polar surface area (TPSA) is 49.4 Å². The average molecular weight is 254 g/mol. The van der Waals surface area contributed by atoms with Crippen LogP contribution in [0.15, 0.2) is 0 Å². The van der Waals surface area contributed by atoms with Gasteiger partial charge in [-0.3, -0.25) is 9.59 Å². The molecule has 2 amide bonds. The van der Waals surface area contributed by atoms with E-state index in [2.05, 4.69) is 26.1 Å². The highest BCUT2D eigenvalue weighted by Crippen LogP contribution is 2.32. The van der Waals surface area contributed by atoms with Crippen LogP contribution in [0, 0.1) is 0 Å². The van der Waals surface area contributed by atoms with E-state index in [9.17, 15) is 9.59 Å². The van der Waals surface area contributed by atoms with Crippen molar-refractivity contribution < 1.29 is 9.59 Å². The smallest absolute Gasteiger partial charge is 0.249 e. The van der Waals surface area contributed by atoms with Crippen LogP contribution in [-0.2, 0) is 9.59 Å². The van der Waals surface area contributed by atoms with Gasteiger partial charge >= 0.3 is 0 Å². The van der Waals surface area contributed by atoms with E-state index < -0.39 is 5.54 Å². The first kappa shape index (κ1) is 15.0. The highest BCUT2D eigenvalue weighted by molar-refractivity contribution is 5.99. The van der Waals surface area contributed by atoms with Crippen LogP contribution in [0.4, 0.5) is 0 Å². The van der Waals surface area contributed by atoms with Crippen molar-refractivity contribution in [3.05, 3.63) is 0 Å².